The molecule has 0 fully saturated rings. The van der Waals surface area contributed by atoms with Gasteiger partial charge in [-0.25, -0.2) is 5.01 Å². The van der Waals surface area contributed by atoms with E-state index in [2.05, 4.69) is 28.0 Å². The Bertz CT molecular complexity index is 1280. The van der Waals surface area contributed by atoms with Crippen LogP contribution in [0, 0.1) is 0 Å². The number of para-hydroxylation sites is 1. The second kappa shape index (κ2) is 8.22. The van der Waals surface area contributed by atoms with Crippen molar-refractivity contribution in [1.82, 2.24) is 9.58 Å². The van der Waals surface area contributed by atoms with Crippen molar-refractivity contribution in [1.29, 1.82) is 0 Å². The van der Waals surface area contributed by atoms with E-state index in [1.54, 1.807) is 0 Å². The summed E-state index contributed by atoms with van der Waals surface area (Å²) in [7, 11) is 0. The molecular formula is C25H19Cl2N3O. The molecule has 154 valence electrons. The smallest absolute Gasteiger partial charge is 0.230 e. The van der Waals surface area contributed by atoms with E-state index in [1.165, 1.54) is 5.01 Å². The number of amides is 1. The van der Waals surface area contributed by atoms with Gasteiger partial charge >= 0.3 is 0 Å². The van der Waals surface area contributed by atoms with E-state index in [4.69, 9.17) is 23.2 Å². The van der Waals surface area contributed by atoms with Crippen LogP contribution in [-0.2, 0) is 11.3 Å². The third-order valence-electron chi connectivity index (χ3n) is 5.67. The van der Waals surface area contributed by atoms with E-state index in [9.17, 15) is 4.79 Å². The zero-order valence-electron chi connectivity index (χ0n) is 16.6. The first-order chi connectivity index (χ1) is 15.1. The van der Waals surface area contributed by atoms with Gasteiger partial charge < -0.3 is 4.57 Å². The van der Waals surface area contributed by atoms with Gasteiger partial charge in [0.05, 0.1) is 11.8 Å². The van der Waals surface area contributed by atoms with E-state index < -0.39 is 0 Å². The fraction of sp³-hybridized carbons (Fsp3) is 0.120. The van der Waals surface area contributed by atoms with Crippen molar-refractivity contribution < 1.29 is 4.79 Å². The molecule has 0 bridgehead atoms. The lowest BCUT2D eigenvalue weighted by Crippen LogP contribution is -2.17. The second-order valence-electron chi connectivity index (χ2n) is 7.61. The van der Waals surface area contributed by atoms with Crippen LogP contribution in [0.2, 0.25) is 10.0 Å². The molecule has 0 spiro atoms. The minimum absolute atomic E-state index is 0.153. The van der Waals surface area contributed by atoms with Gasteiger partial charge in [0, 0.05) is 45.7 Å². The molecule has 2 heterocycles. The van der Waals surface area contributed by atoms with Crippen molar-refractivity contribution in [3.63, 3.8) is 0 Å². The first kappa shape index (κ1) is 19.9. The molecule has 4 aromatic rings. The lowest BCUT2D eigenvalue weighted by Gasteiger charge is -2.16. The molecule has 5 rings (SSSR count). The maximum atomic E-state index is 11.9. The monoisotopic (exact) mass is 447 g/mol. The molecule has 6 heteroatoms. The Labute approximate surface area is 190 Å². The lowest BCUT2D eigenvalue weighted by molar-refractivity contribution is -0.119. The molecule has 0 radical (unpaired) electrons. The molecule has 1 unspecified atom stereocenters. The number of carbonyl (C=O) groups excluding carboxylic acids is 1. The highest BCUT2D eigenvalue weighted by Gasteiger charge is 2.31. The average molecular weight is 448 g/mol. The Kier molecular flexibility index (Phi) is 5.26. The molecule has 1 aromatic heterocycles. The van der Waals surface area contributed by atoms with Crippen LogP contribution in [0.5, 0.6) is 0 Å². The third kappa shape index (κ3) is 3.85. The van der Waals surface area contributed by atoms with E-state index in [0.29, 0.717) is 11.4 Å². The summed E-state index contributed by atoms with van der Waals surface area (Å²) in [6.45, 7) is 0.719. The summed E-state index contributed by atoms with van der Waals surface area (Å²) >= 11 is 12.1. The summed E-state index contributed by atoms with van der Waals surface area (Å²) in [5.41, 5.74) is 5.23. The zero-order valence-corrected chi connectivity index (χ0v) is 18.1. The number of hydrogen-bond donors (Lipinski definition) is 0. The fourth-order valence-corrected chi connectivity index (χ4v) is 4.40. The maximum Gasteiger partial charge on any atom is 0.230 e. The van der Waals surface area contributed by atoms with E-state index in [-0.39, 0.29) is 6.04 Å². The summed E-state index contributed by atoms with van der Waals surface area (Å²) in [6, 6.07) is 23.6. The van der Waals surface area contributed by atoms with Gasteiger partial charge in [0.2, 0.25) is 6.41 Å². The molecule has 1 amide bonds. The van der Waals surface area contributed by atoms with Crippen molar-refractivity contribution in [2.24, 2.45) is 5.10 Å². The number of aromatic nitrogens is 1. The molecule has 0 N–H and O–H groups in total. The van der Waals surface area contributed by atoms with E-state index in [0.717, 1.165) is 51.3 Å². The van der Waals surface area contributed by atoms with Crippen LogP contribution >= 0.6 is 23.2 Å². The number of carbonyl (C=O) groups is 1. The molecule has 0 saturated carbocycles. The van der Waals surface area contributed by atoms with Crippen LogP contribution in [-0.4, -0.2) is 21.7 Å². The van der Waals surface area contributed by atoms with Crippen molar-refractivity contribution in [2.45, 2.75) is 19.0 Å². The van der Waals surface area contributed by atoms with Crippen LogP contribution in [0.15, 0.2) is 84.1 Å². The van der Waals surface area contributed by atoms with Crippen LogP contribution in [0.4, 0.5) is 0 Å². The van der Waals surface area contributed by atoms with Crippen molar-refractivity contribution in [3.8, 4) is 0 Å². The molecule has 1 aliphatic heterocycles. The highest BCUT2D eigenvalue weighted by molar-refractivity contribution is 6.30. The maximum absolute atomic E-state index is 11.9. The van der Waals surface area contributed by atoms with Crippen LogP contribution in [0.25, 0.3) is 10.9 Å². The Morgan fingerprint density at radius 3 is 2.32 bits per heavy atom. The van der Waals surface area contributed by atoms with Crippen molar-refractivity contribution >= 4 is 46.2 Å². The molecule has 1 aliphatic rings. The van der Waals surface area contributed by atoms with Gasteiger partial charge in [-0.1, -0.05) is 65.7 Å². The summed E-state index contributed by atoms with van der Waals surface area (Å²) in [5, 5.41) is 8.64. The summed E-state index contributed by atoms with van der Waals surface area (Å²) in [4.78, 5) is 11.9. The van der Waals surface area contributed by atoms with E-state index in [1.807, 2.05) is 60.7 Å². The Morgan fingerprint density at radius 1 is 0.935 bits per heavy atom. The molecule has 0 aliphatic carbocycles. The van der Waals surface area contributed by atoms with Gasteiger partial charge in [-0.05, 0) is 41.5 Å². The van der Waals surface area contributed by atoms with Crippen LogP contribution in [0.3, 0.4) is 0 Å². The zero-order chi connectivity index (χ0) is 21.4. The molecule has 3 aromatic carbocycles. The molecule has 0 saturated heterocycles. The van der Waals surface area contributed by atoms with E-state index >= 15 is 0 Å². The standard InChI is InChI=1S/C25H19Cl2N3O/c26-19-9-5-17(6-10-19)14-29-15-22(21-3-1-2-4-24(21)29)25-13-23(28-30(25)16-31)18-7-11-20(27)12-8-18/h1-12,15-16,25H,13-14H2. The molecule has 1 atom stereocenters. The van der Waals surface area contributed by atoms with Gasteiger partial charge in [-0.2, -0.15) is 5.10 Å². The quantitative estimate of drug-likeness (QED) is 0.330. The largest absolute Gasteiger partial charge is 0.343 e. The van der Waals surface area contributed by atoms with Gasteiger partial charge in [0.25, 0.3) is 0 Å². The Hall–Kier alpha value is -3.08. The summed E-state index contributed by atoms with van der Waals surface area (Å²) < 4.78 is 2.22. The summed E-state index contributed by atoms with van der Waals surface area (Å²) in [6.07, 6.45) is 3.59. The van der Waals surface area contributed by atoms with Crippen molar-refractivity contribution in [2.75, 3.05) is 0 Å². The minimum Gasteiger partial charge on any atom is -0.343 e. The average Bonchev–Trinajstić information content (AvgIpc) is 3.38. The molecular weight excluding hydrogens is 429 g/mol. The van der Waals surface area contributed by atoms with Crippen LogP contribution in [0.1, 0.15) is 29.2 Å². The van der Waals surface area contributed by atoms with Gasteiger partial charge in [0.1, 0.15) is 0 Å². The fourth-order valence-electron chi connectivity index (χ4n) is 4.15. The number of halogens is 2. The normalized spacial score (nSPS) is 16.0. The number of hydrogen-bond acceptors (Lipinski definition) is 2. The topological polar surface area (TPSA) is 37.6 Å². The lowest BCUT2D eigenvalue weighted by atomic mass is 9.98. The van der Waals surface area contributed by atoms with Crippen LogP contribution < -0.4 is 0 Å². The predicted octanol–water partition coefficient (Wildman–Crippen LogP) is 6.30. The SMILES string of the molecule is O=CN1N=C(c2ccc(Cl)cc2)CC1c1cn(Cc2ccc(Cl)cc2)c2ccccc12. The first-order valence-electron chi connectivity index (χ1n) is 10.0. The third-order valence-corrected chi connectivity index (χ3v) is 6.18. The Morgan fingerprint density at radius 2 is 1.61 bits per heavy atom. The Balaban J connectivity index is 1.52. The number of benzene rings is 3. The second-order valence-corrected chi connectivity index (χ2v) is 8.49. The number of hydrazone groups is 1. The minimum atomic E-state index is -0.153. The van der Waals surface area contributed by atoms with Gasteiger partial charge in [-0.3, -0.25) is 4.79 Å². The predicted molar refractivity (Wildman–Crippen MR) is 126 cm³/mol. The van der Waals surface area contributed by atoms with Gasteiger partial charge in [0.15, 0.2) is 0 Å². The van der Waals surface area contributed by atoms with Crippen molar-refractivity contribution in [3.05, 3.63) is 106 Å². The number of fused-ring (bicyclic) bond motifs is 1. The summed E-state index contributed by atoms with van der Waals surface area (Å²) in [5.74, 6) is 0. The highest BCUT2D eigenvalue weighted by Crippen LogP contribution is 2.37. The number of rotatable bonds is 5. The first-order valence-corrected chi connectivity index (χ1v) is 10.8. The van der Waals surface area contributed by atoms with Gasteiger partial charge in [-0.15, -0.1) is 0 Å². The molecule has 31 heavy (non-hydrogen) atoms. The number of nitrogens with zero attached hydrogens (tertiary/aromatic N) is 3. The highest BCUT2D eigenvalue weighted by atomic mass is 35.5. The molecule has 4 nitrogen and oxygen atoms in total.